The van der Waals surface area contributed by atoms with Crippen molar-refractivity contribution in [3.63, 3.8) is 0 Å². The van der Waals surface area contributed by atoms with E-state index in [1.807, 2.05) is 12.1 Å². The highest BCUT2D eigenvalue weighted by Crippen LogP contribution is 2.48. The minimum atomic E-state index is -0.877. The first-order valence-electron chi connectivity index (χ1n) is 10.9. The van der Waals surface area contributed by atoms with Crippen molar-refractivity contribution in [1.29, 1.82) is 0 Å². The number of rotatable bonds is 5. The Morgan fingerprint density at radius 3 is 2.65 bits per heavy atom. The summed E-state index contributed by atoms with van der Waals surface area (Å²) in [6, 6.07) is 2.98. The van der Waals surface area contributed by atoms with Crippen molar-refractivity contribution in [3.05, 3.63) is 28.8 Å². The number of carbonyl (C=O) groups is 3. The molecule has 1 spiro atoms. The number of benzene rings is 1. The summed E-state index contributed by atoms with van der Waals surface area (Å²) < 4.78 is 11.5. The summed E-state index contributed by atoms with van der Waals surface area (Å²) >= 11 is 0. The summed E-state index contributed by atoms with van der Waals surface area (Å²) in [4.78, 5) is 38.9. The van der Waals surface area contributed by atoms with Gasteiger partial charge >= 0.3 is 5.97 Å². The number of ether oxygens (including phenoxy) is 2. The van der Waals surface area contributed by atoms with Crippen LogP contribution in [0.25, 0.3) is 0 Å². The predicted molar refractivity (Wildman–Crippen MR) is 114 cm³/mol. The van der Waals surface area contributed by atoms with Crippen LogP contribution in [0.3, 0.4) is 0 Å². The van der Waals surface area contributed by atoms with Gasteiger partial charge in [-0.25, -0.2) is 0 Å². The van der Waals surface area contributed by atoms with Crippen molar-refractivity contribution in [2.45, 2.75) is 70.1 Å². The first-order chi connectivity index (χ1) is 14.6. The molecule has 1 atom stereocenters. The number of carbonyl (C=O) groups excluding carboxylic acids is 3. The Hall–Kier alpha value is -2.61. The number of hydrogen-bond donors (Lipinski definition) is 2. The first-order valence-corrected chi connectivity index (χ1v) is 10.9. The SMILES string of the molecule is CC(C)(C)OC(=O)CC[C@@H](C(N)=O)N1Cc2c(ccc3c2OCC32CCNCC2)C1=O. The highest BCUT2D eigenvalue weighted by Gasteiger charge is 2.46. The Bertz CT molecular complexity index is 915. The van der Waals surface area contributed by atoms with Gasteiger partial charge in [0.15, 0.2) is 0 Å². The van der Waals surface area contributed by atoms with Crippen LogP contribution >= 0.6 is 0 Å². The molecule has 3 aliphatic rings. The van der Waals surface area contributed by atoms with Crippen LogP contribution < -0.4 is 15.8 Å². The van der Waals surface area contributed by atoms with Crippen LogP contribution in [0.4, 0.5) is 0 Å². The Balaban J connectivity index is 1.54. The predicted octanol–water partition coefficient (Wildman–Crippen LogP) is 1.63. The number of piperidine rings is 1. The molecule has 0 aliphatic carbocycles. The van der Waals surface area contributed by atoms with E-state index in [-0.39, 0.29) is 30.7 Å². The molecular weight excluding hydrogens is 398 g/mol. The van der Waals surface area contributed by atoms with E-state index in [9.17, 15) is 14.4 Å². The van der Waals surface area contributed by atoms with Crippen molar-refractivity contribution in [1.82, 2.24) is 10.2 Å². The number of esters is 1. The fraction of sp³-hybridized carbons (Fsp3) is 0.609. The molecule has 1 aromatic rings. The van der Waals surface area contributed by atoms with Crippen LogP contribution in [0, 0.1) is 0 Å². The third-order valence-electron chi connectivity index (χ3n) is 6.45. The minimum absolute atomic E-state index is 0.00805. The lowest BCUT2D eigenvalue weighted by Crippen LogP contribution is -2.45. The second-order valence-corrected chi connectivity index (χ2v) is 9.76. The maximum absolute atomic E-state index is 13.1. The molecule has 3 N–H and O–H groups in total. The van der Waals surface area contributed by atoms with Gasteiger partial charge in [0.2, 0.25) is 5.91 Å². The van der Waals surface area contributed by atoms with E-state index < -0.39 is 23.5 Å². The van der Waals surface area contributed by atoms with Crippen molar-refractivity contribution in [2.24, 2.45) is 5.73 Å². The number of fused-ring (bicyclic) bond motifs is 4. The molecular formula is C23H31N3O5. The normalized spacial score (nSPS) is 20.2. The molecule has 1 saturated heterocycles. The van der Waals surface area contributed by atoms with E-state index in [1.54, 1.807) is 20.8 Å². The van der Waals surface area contributed by atoms with Gasteiger partial charge in [-0.05, 0) is 59.2 Å². The van der Waals surface area contributed by atoms with Gasteiger partial charge in [-0.1, -0.05) is 6.07 Å². The van der Waals surface area contributed by atoms with Gasteiger partial charge in [0.25, 0.3) is 5.91 Å². The third-order valence-corrected chi connectivity index (χ3v) is 6.45. The number of hydrogen-bond acceptors (Lipinski definition) is 6. The number of nitrogens with two attached hydrogens (primary N) is 1. The van der Waals surface area contributed by atoms with Crippen molar-refractivity contribution in [3.8, 4) is 5.75 Å². The molecule has 0 aromatic heterocycles. The molecule has 3 aliphatic heterocycles. The second kappa shape index (κ2) is 7.82. The summed E-state index contributed by atoms with van der Waals surface area (Å²) in [5, 5.41) is 3.39. The average Bonchev–Trinajstić information content (AvgIpc) is 3.20. The zero-order valence-corrected chi connectivity index (χ0v) is 18.5. The van der Waals surface area contributed by atoms with E-state index in [1.165, 1.54) is 4.90 Å². The van der Waals surface area contributed by atoms with Crippen molar-refractivity contribution in [2.75, 3.05) is 19.7 Å². The van der Waals surface area contributed by atoms with Crippen LogP contribution in [0.15, 0.2) is 12.1 Å². The minimum Gasteiger partial charge on any atom is -0.492 e. The summed E-state index contributed by atoms with van der Waals surface area (Å²) in [7, 11) is 0. The maximum Gasteiger partial charge on any atom is 0.306 e. The Kier molecular flexibility index (Phi) is 5.45. The lowest BCUT2D eigenvalue weighted by Gasteiger charge is -2.32. The summed E-state index contributed by atoms with van der Waals surface area (Å²) in [5.41, 5.74) is 7.54. The average molecular weight is 430 g/mol. The van der Waals surface area contributed by atoms with Crippen LogP contribution in [0.2, 0.25) is 0 Å². The number of amides is 2. The third kappa shape index (κ3) is 4.01. The second-order valence-electron chi connectivity index (χ2n) is 9.76. The van der Waals surface area contributed by atoms with Crippen LogP contribution in [-0.4, -0.2) is 54.0 Å². The molecule has 3 heterocycles. The Morgan fingerprint density at radius 1 is 1.29 bits per heavy atom. The van der Waals surface area contributed by atoms with E-state index in [0.29, 0.717) is 12.2 Å². The van der Waals surface area contributed by atoms with E-state index in [2.05, 4.69) is 5.32 Å². The maximum atomic E-state index is 13.1. The summed E-state index contributed by atoms with van der Waals surface area (Å²) in [5.74, 6) is -0.511. The molecule has 8 heteroatoms. The zero-order valence-electron chi connectivity index (χ0n) is 18.5. The molecule has 0 unspecified atom stereocenters. The standard InChI is InChI=1S/C23H31N3O5/c1-22(2,3)31-18(27)7-6-17(20(24)28)26-12-15-14(21(26)29)4-5-16-19(15)30-13-23(16)8-10-25-11-9-23/h4-5,17,25H,6-13H2,1-3H3,(H2,24,28)/t17-/m0/s1. The van der Waals surface area contributed by atoms with Gasteiger partial charge in [-0.3, -0.25) is 14.4 Å². The van der Waals surface area contributed by atoms with E-state index >= 15 is 0 Å². The Labute approximate surface area is 182 Å². The van der Waals surface area contributed by atoms with Gasteiger partial charge in [-0.15, -0.1) is 0 Å². The fourth-order valence-corrected chi connectivity index (χ4v) is 4.92. The molecule has 0 radical (unpaired) electrons. The van der Waals surface area contributed by atoms with Crippen LogP contribution in [0.5, 0.6) is 5.75 Å². The lowest BCUT2D eigenvalue weighted by molar-refractivity contribution is -0.155. The highest BCUT2D eigenvalue weighted by atomic mass is 16.6. The first kappa shape index (κ1) is 21.6. The van der Waals surface area contributed by atoms with E-state index in [0.717, 1.165) is 42.8 Å². The smallest absolute Gasteiger partial charge is 0.306 e. The van der Waals surface area contributed by atoms with Gasteiger partial charge in [0, 0.05) is 28.5 Å². The number of nitrogens with zero attached hydrogens (tertiary/aromatic N) is 1. The van der Waals surface area contributed by atoms with Gasteiger partial charge in [0.05, 0.1) is 13.2 Å². The zero-order chi connectivity index (χ0) is 22.4. The van der Waals surface area contributed by atoms with Gasteiger partial charge in [0.1, 0.15) is 17.4 Å². The summed E-state index contributed by atoms with van der Waals surface area (Å²) in [6.07, 6.45) is 2.13. The molecule has 1 fully saturated rings. The molecule has 2 amide bonds. The quantitative estimate of drug-likeness (QED) is 0.689. The molecule has 1 aromatic carbocycles. The Morgan fingerprint density at radius 2 is 2.00 bits per heavy atom. The molecule has 4 rings (SSSR count). The fourth-order valence-electron chi connectivity index (χ4n) is 4.92. The molecule has 168 valence electrons. The number of primary amides is 1. The molecule has 8 nitrogen and oxygen atoms in total. The van der Waals surface area contributed by atoms with Crippen molar-refractivity contribution < 1.29 is 23.9 Å². The van der Waals surface area contributed by atoms with Gasteiger partial charge in [-0.2, -0.15) is 0 Å². The monoisotopic (exact) mass is 429 g/mol. The summed E-state index contributed by atoms with van der Waals surface area (Å²) in [6.45, 7) is 8.12. The van der Waals surface area contributed by atoms with Crippen molar-refractivity contribution >= 4 is 17.8 Å². The largest absolute Gasteiger partial charge is 0.492 e. The molecule has 31 heavy (non-hydrogen) atoms. The topological polar surface area (TPSA) is 111 Å². The van der Waals surface area contributed by atoms with E-state index in [4.69, 9.17) is 15.2 Å². The van der Waals surface area contributed by atoms with Crippen LogP contribution in [-0.2, 0) is 26.3 Å². The lowest BCUT2D eigenvalue weighted by atomic mass is 9.74. The van der Waals surface area contributed by atoms with Crippen LogP contribution in [0.1, 0.15) is 67.9 Å². The molecule has 0 bridgehead atoms. The molecule has 0 saturated carbocycles. The number of nitrogens with one attached hydrogen (secondary N) is 1. The van der Waals surface area contributed by atoms with Gasteiger partial charge < -0.3 is 25.4 Å². The highest BCUT2D eigenvalue weighted by molar-refractivity contribution is 6.02.